The van der Waals surface area contributed by atoms with Gasteiger partial charge in [0, 0.05) is 18.5 Å². The largest absolute Gasteiger partial charge is 0.334 e. The van der Waals surface area contributed by atoms with Crippen molar-refractivity contribution in [3.8, 4) is 0 Å². The molecule has 5 nitrogen and oxygen atoms in total. The summed E-state index contributed by atoms with van der Waals surface area (Å²) in [7, 11) is 0. The van der Waals surface area contributed by atoms with E-state index in [0.717, 1.165) is 37.5 Å². The van der Waals surface area contributed by atoms with Gasteiger partial charge in [0.05, 0.1) is 11.0 Å². The molecule has 0 atom stereocenters. The zero-order valence-corrected chi connectivity index (χ0v) is 11.5. The first-order valence-electron chi connectivity index (χ1n) is 6.35. The number of carbonyl (C=O) groups is 1. The minimum Gasteiger partial charge on any atom is -0.334 e. The number of nitro groups is 1. The SMILES string of the molecule is O=C(c1ccc(F)cc1[N+](=O)[O-])N(CCCl)C1CCC1. The van der Waals surface area contributed by atoms with Crippen LogP contribution >= 0.6 is 11.6 Å². The third kappa shape index (κ3) is 2.90. The smallest absolute Gasteiger partial charge is 0.285 e. The number of amides is 1. The van der Waals surface area contributed by atoms with Gasteiger partial charge in [-0.2, -0.15) is 0 Å². The van der Waals surface area contributed by atoms with Gasteiger partial charge in [0.25, 0.3) is 11.6 Å². The van der Waals surface area contributed by atoms with Gasteiger partial charge in [-0.25, -0.2) is 4.39 Å². The molecule has 1 saturated carbocycles. The van der Waals surface area contributed by atoms with E-state index in [4.69, 9.17) is 11.6 Å². The van der Waals surface area contributed by atoms with Crippen LogP contribution in [0.1, 0.15) is 29.6 Å². The van der Waals surface area contributed by atoms with Gasteiger partial charge in [0.2, 0.25) is 0 Å². The van der Waals surface area contributed by atoms with Crippen LogP contribution in [0.2, 0.25) is 0 Å². The number of halogens is 2. The van der Waals surface area contributed by atoms with Crippen molar-refractivity contribution >= 4 is 23.2 Å². The van der Waals surface area contributed by atoms with Crippen LogP contribution in [-0.4, -0.2) is 34.2 Å². The van der Waals surface area contributed by atoms with E-state index in [0.29, 0.717) is 6.54 Å². The van der Waals surface area contributed by atoms with Gasteiger partial charge < -0.3 is 4.90 Å². The van der Waals surface area contributed by atoms with Gasteiger partial charge in [-0.15, -0.1) is 11.6 Å². The van der Waals surface area contributed by atoms with Crippen LogP contribution < -0.4 is 0 Å². The molecule has 0 saturated heterocycles. The summed E-state index contributed by atoms with van der Waals surface area (Å²) < 4.78 is 13.1. The highest BCUT2D eigenvalue weighted by molar-refractivity contribution is 6.18. The first-order valence-corrected chi connectivity index (χ1v) is 6.89. The molecule has 1 aromatic carbocycles. The van der Waals surface area contributed by atoms with E-state index >= 15 is 0 Å². The molecule has 0 N–H and O–H groups in total. The summed E-state index contributed by atoms with van der Waals surface area (Å²) in [4.78, 5) is 24.2. The van der Waals surface area contributed by atoms with Crippen molar-refractivity contribution in [1.29, 1.82) is 0 Å². The number of hydrogen-bond donors (Lipinski definition) is 0. The lowest BCUT2D eigenvalue weighted by Crippen LogP contribution is -2.45. The van der Waals surface area contributed by atoms with Gasteiger partial charge >= 0.3 is 0 Å². The Morgan fingerprint density at radius 2 is 2.20 bits per heavy atom. The van der Waals surface area contributed by atoms with Crippen molar-refractivity contribution in [3.63, 3.8) is 0 Å². The van der Waals surface area contributed by atoms with Crippen LogP contribution in [0.3, 0.4) is 0 Å². The molecule has 0 radical (unpaired) electrons. The van der Waals surface area contributed by atoms with Crippen LogP contribution in [0.25, 0.3) is 0 Å². The summed E-state index contributed by atoms with van der Waals surface area (Å²) in [5.41, 5.74) is -0.595. The molecule has 1 amide bonds. The summed E-state index contributed by atoms with van der Waals surface area (Å²) in [6, 6.07) is 3.06. The highest BCUT2D eigenvalue weighted by Gasteiger charge is 2.32. The third-order valence-corrected chi connectivity index (χ3v) is 3.66. The highest BCUT2D eigenvalue weighted by Crippen LogP contribution is 2.28. The molecule has 1 fully saturated rings. The van der Waals surface area contributed by atoms with E-state index in [1.165, 1.54) is 0 Å². The third-order valence-electron chi connectivity index (χ3n) is 3.49. The first-order chi connectivity index (χ1) is 9.54. The Labute approximate surface area is 120 Å². The van der Waals surface area contributed by atoms with E-state index in [1.807, 2.05) is 0 Å². The van der Waals surface area contributed by atoms with Crippen molar-refractivity contribution in [1.82, 2.24) is 4.90 Å². The van der Waals surface area contributed by atoms with Crippen LogP contribution in [0, 0.1) is 15.9 Å². The maximum Gasteiger partial charge on any atom is 0.285 e. The summed E-state index contributed by atoms with van der Waals surface area (Å²) >= 11 is 5.69. The van der Waals surface area contributed by atoms with Crippen LogP contribution in [0.5, 0.6) is 0 Å². The van der Waals surface area contributed by atoms with E-state index < -0.39 is 22.3 Å². The van der Waals surface area contributed by atoms with Crippen molar-refractivity contribution in [2.45, 2.75) is 25.3 Å². The van der Waals surface area contributed by atoms with Crippen molar-refractivity contribution in [3.05, 3.63) is 39.7 Å². The Kier molecular flexibility index (Phi) is 4.54. The second-order valence-corrected chi connectivity index (χ2v) is 5.07. The average Bonchev–Trinajstić information content (AvgIpc) is 2.35. The molecule has 2 rings (SSSR count). The minimum atomic E-state index is -0.740. The molecule has 0 aliphatic heterocycles. The van der Waals surface area contributed by atoms with Gasteiger partial charge in [-0.3, -0.25) is 14.9 Å². The predicted molar refractivity (Wildman–Crippen MR) is 72.4 cm³/mol. The Balaban J connectivity index is 2.33. The summed E-state index contributed by atoms with van der Waals surface area (Å²) in [6.45, 7) is 0.333. The van der Waals surface area contributed by atoms with E-state index in [2.05, 4.69) is 0 Å². The maximum absolute atomic E-state index is 13.1. The van der Waals surface area contributed by atoms with Crippen molar-refractivity contribution in [2.24, 2.45) is 0 Å². The molecule has 0 spiro atoms. The topological polar surface area (TPSA) is 63.4 Å². The monoisotopic (exact) mass is 300 g/mol. The molecule has 108 valence electrons. The molecule has 7 heteroatoms. The first kappa shape index (κ1) is 14.7. The van der Waals surface area contributed by atoms with Crippen molar-refractivity contribution < 1.29 is 14.1 Å². The van der Waals surface area contributed by atoms with E-state index in [-0.39, 0.29) is 17.5 Å². The minimum absolute atomic E-state index is 0.0749. The molecule has 0 bridgehead atoms. The number of nitrogens with zero attached hydrogens (tertiary/aromatic N) is 2. The fraction of sp³-hybridized carbons (Fsp3) is 0.462. The quantitative estimate of drug-likeness (QED) is 0.477. The molecule has 20 heavy (non-hydrogen) atoms. The fourth-order valence-corrected chi connectivity index (χ4v) is 2.41. The normalized spacial score (nSPS) is 14.7. The van der Waals surface area contributed by atoms with Crippen LogP contribution in [-0.2, 0) is 0 Å². The average molecular weight is 301 g/mol. The highest BCUT2D eigenvalue weighted by atomic mass is 35.5. The summed E-state index contributed by atoms with van der Waals surface area (Å²) in [6.07, 6.45) is 2.78. The molecule has 0 unspecified atom stereocenters. The fourth-order valence-electron chi connectivity index (χ4n) is 2.23. The zero-order chi connectivity index (χ0) is 14.7. The summed E-state index contributed by atoms with van der Waals surface area (Å²) in [5.74, 6) is -0.931. The van der Waals surface area contributed by atoms with Gasteiger partial charge in [-0.1, -0.05) is 0 Å². The Bertz CT molecular complexity index is 534. The number of alkyl halides is 1. The number of nitro benzene ring substituents is 1. The zero-order valence-electron chi connectivity index (χ0n) is 10.7. The molecule has 0 aromatic heterocycles. The number of rotatable bonds is 5. The standard InChI is InChI=1S/C13H14ClFN2O3/c14-6-7-16(10-2-1-3-10)13(18)11-5-4-9(15)8-12(11)17(19)20/h4-5,8,10H,1-3,6-7H2. The van der Waals surface area contributed by atoms with Gasteiger partial charge in [-0.05, 0) is 31.4 Å². The van der Waals surface area contributed by atoms with E-state index in [1.54, 1.807) is 4.90 Å². The predicted octanol–water partition coefficient (Wildman–Crippen LogP) is 2.97. The molecule has 1 aliphatic rings. The lowest BCUT2D eigenvalue weighted by molar-refractivity contribution is -0.385. The van der Waals surface area contributed by atoms with Gasteiger partial charge in [0.1, 0.15) is 11.4 Å². The van der Waals surface area contributed by atoms with Crippen molar-refractivity contribution in [2.75, 3.05) is 12.4 Å². The number of benzene rings is 1. The van der Waals surface area contributed by atoms with Crippen LogP contribution in [0.4, 0.5) is 10.1 Å². The van der Waals surface area contributed by atoms with E-state index in [9.17, 15) is 19.3 Å². The summed E-state index contributed by atoms with van der Waals surface area (Å²) in [5, 5.41) is 11.0. The lowest BCUT2D eigenvalue weighted by atomic mass is 9.91. The molecule has 1 aliphatic carbocycles. The maximum atomic E-state index is 13.1. The second kappa shape index (κ2) is 6.17. The Morgan fingerprint density at radius 3 is 2.70 bits per heavy atom. The number of hydrogen-bond acceptors (Lipinski definition) is 3. The Hall–Kier alpha value is -1.69. The molecule has 0 heterocycles. The van der Waals surface area contributed by atoms with Gasteiger partial charge in [0.15, 0.2) is 0 Å². The molecule has 1 aromatic rings. The Morgan fingerprint density at radius 1 is 1.50 bits per heavy atom. The lowest BCUT2D eigenvalue weighted by Gasteiger charge is -2.37. The van der Waals surface area contributed by atoms with Crippen LogP contribution in [0.15, 0.2) is 18.2 Å². The molecular weight excluding hydrogens is 287 g/mol. The molecular formula is C13H14ClFN2O3. The number of carbonyl (C=O) groups excluding carboxylic acids is 1. The second-order valence-electron chi connectivity index (χ2n) is 4.69.